The van der Waals surface area contributed by atoms with Gasteiger partial charge >= 0.3 is 0 Å². The Morgan fingerprint density at radius 3 is 2.78 bits per heavy atom. The SMILES string of the molecule is COCCN(Cc1cccs1)C(=O)C(C)(C)CCl. The van der Waals surface area contributed by atoms with Crippen molar-refractivity contribution in [3.05, 3.63) is 22.4 Å². The number of rotatable bonds is 7. The Hall–Kier alpha value is -0.580. The van der Waals surface area contributed by atoms with Crippen LogP contribution in [0.5, 0.6) is 0 Å². The van der Waals surface area contributed by atoms with E-state index >= 15 is 0 Å². The predicted molar refractivity (Wildman–Crippen MR) is 76.1 cm³/mol. The summed E-state index contributed by atoms with van der Waals surface area (Å²) in [5, 5.41) is 2.01. The average molecular weight is 290 g/mol. The number of thiophene rings is 1. The molecule has 0 bridgehead atoms. The molecule has 1 amide bonds. The first-order valence-electron chi connectivity index (χ1n) is 5.88. The summed E-state index contributed by atoms with van der Waals surface area (Å²) in [6, 6.07) is 4.02. The standard InChI is InChI=1S/C13H20ClNO2S/c1-13(2,10-14)12(16)15(6-7-17-3)9-11-5-4-8-18-11/h4-5,8H,6-7,9-10H2,1-3H3. The fourth-order valence-corrected chi connectivity index (χ4v) is 2.36. The molecule has 0 N–H and O–H groups in total. The van der Waals surface area contributed by atoms with Gasteiger partial charge in [0.25, 0.3) is 0 Å². The van der Waals surface area contributed by atoms with Crippen molar-refractivity contribution in [2.24, 2.45) is 5.41 Å². The van der Waals surface area contributed by atoms with E-state index in [4.69, 9.17) is 16.3 Å². The molecule has 0 aliphatic carbocycles. The largest absolute Gasteiger partial charge is 0.383 e. The summed E-state index contributed by atoms with van der Waals surface area (Å²) >= 11 is 7.52. The molecule has 0 fully saturated rings. The highest BCUT2D eigenvalue weighted by Gasteiger charge is 2.31. The second-order valence-electron chi connectivity index (χ2n) is 4.82. The molecule has 18 heavy (non-hydrogen) atoms. The van der Waals surface area contributed by atoms with Gasteiger partial charge in [-0.1, -0.05) is 6.07 Å². The van der Waals surface area contributed by atoms with Crippen molar-refractivity contribution in [2.45, 2.75) is 20.4 Å². The van der Waals surface area contributed by atoms with Gasteiger partial charge in [0.2, 0.25) is 5.91 Å². The van der Waals surface area contributed by atoms with Crippen LogP contribution in [-0.2, 0) is 16.1 Å². The highest BCUT2D eigenvalue weighted by atomic mass is 35.5. The number of alkyl halides is 1. The van der Waals surface area contributed by atoms with Gasteiger partial charge in [0, 0.05) is 24.4 Å². The first kappa shape index (κ1) is 15.5. The van der Waals surface area contributed by atoms with Crippen molar-refractivity contribution >= 4 is 28.8 Å². The van der Waals surface area contributed by atoms with Crippen LogP contribution in [0.1, 0.15) is 18.7 Å². The third-order valence-electron chi connectivity index (χ3n) is 2.69. The van der Waals surface area contributed by atoms with E-state index in [1.165, 1.54) is 4.88 Å². The number of methoxy groups -OCH3 is 1. The van der Waals surface area contributed by atoms with Gasteiger partial charge in [-0.2, -0.15) is 0 Å². The highest BCUT2D eigenvalue weighted by molar-refractivity contribution is 7.09. The number of ether oxygens (including phenoxy) is 1. The first-order valence-corrected chi connectivity index (χ1v) is 7.29. The molecule has 1 aromatic rings. The minimum atomic E-state index is -0.535. The number of nitrogens with zero attached hydrogens (tertiary/aromatic N) is 1. The van der Waals surface area contributed by atoms with E-state index in [0.717, 1.165) is 0 Å². The smallest absolute Gasteiger partial charge is 0.229 e. The molecule has 3 nitrogen and oxygen atoms in total. The van der Waals surface area contributed by atoms with Gasteiger partial charge in [-0.05, 0) is 25.3 Å². The third-order valence-corrected chi connectivity index (χ3v) is 4.22. The van der Waals surface area contributed by atoms with Gasteiger partial charge < -0.3 is 9.64 Å². The maximum atomic E-state index is 12.4. The van der Waals surface area contributed by atoms with Crippen molar-refractivity contribution in [1.82, 2.24) is 4.90 Å². The summed E-state index contributed by atoms with van der Waals surface area (Å²) in [6.45, 7) is 5.50. The van der Waals surface area contributed by atoms with Gasteiger partial charge in [0.05, 0.1) is 18.6 Å². The summed E-state index contributed by atoms with van der Waals surface area (Å²) in [4.78, 5) is 15.4. The molecule has 0 saturated carbocycles. The summed E-state index contributed by atoms with van der Waals surface area (Å²) in [7, 11) is 1.64. The molecule has 0 aliphatic rings. The van der Waals surface area contributed by atoms with Crippen molar-refractivity contribution in [3.63, 3.8) is 0 Å². The van der Waals surface area contributed by atoms with E-state index in [0.29, 0.717) is 25.6 Å². The lowest BCUT2D eigenvalue weighted by Crippen LogP contribution is -2.42. The Morgan fingerprint density at radius 2 is 2.28 bits per heavy atom. The molecule has 1 rings (SSSR count). The lowest BCUT2D eigenvalue weighted by atomic mass is 9.94. The Balaban J connectivity index is 2.74. The Bertz CT molecular complexity index is 365. The molecule has 0 atom stereocenters. The van der Waals surface area contributed by atoms with Gasteiger partial charge in [-0.25, -0.2) is 0 Å². The zero-order chi connectivity index (χ0) is 13.6. The van der Waals surface area contributed by atoms with Crippen LogP contribution in [0.15, 0.2) is 17.5 Å². The lowest BCUT2D eigenvalue weighted by molar-refractivity contribution is -0.140. The zero-order valence-corrected chi connectivity index (χ0v) is 12.7. The summed E-state index contributed by atoms with van der Waals surface area (Å²) < 4.78 is 5.06. The van der Waals surface area contributed by atoms with E-state index in [-0.39, 0.29) is 5.91 Å². The minimum Gasteiger partial charge on any atom is -0.383 e. The Kier molecular flexibility index (Phi) is 6.12. The average Bonchev–Trinajstić information content (AvgIpc) is 2.86. The minimum absolute atomic E-state index is 0.0722. The van der Waals surface area contributed by atoms with Crippen LogP contribution in [-0.4, -0.2) is 36.9 Å². The second-order valence-corrected chi connectivity index (χ2v) is 6.12. The van der Waals surface area contributed by atoms with Crippen LogP contribution < -0.4 is 0 Å². The van der Waals surface area contributed by atoms with Crippen molar-refractivity contribution in [2.75, 3.05) is 26.1 Å². The molecule has 5 heteroatoms. The summed E-state index contributed by atoms with van der Waals surface area (Å²) in [5.41, 5.74) is -0.535. The zero-order valence-electron chi connectivity index (χ0n) is 11.1. The van der Waals surface area contributed by atoms with Crippen LogP contribution in [0.3, 0.4) is 0 Å². The van der Waals surface area contributed by atoms with Crippen LogP contribution in [0.25, 0.3) is 0 Å². The second kappa shape index (κ2) is 7.12. The molecule has 0 aliphatic heterocycles. The quantitative estimate of drug-likeness (QED) is 0.722. The fraction of sp³-hybridized carbons (Fsp3) is 0.615. The van der Waals surface area contributed by atoms with Gasteiger partial charge in [-0.15, -0.1) is 22.9 Å². The molecular weight excluding hydrogens is 270 g/mol. The normalized spacial score (nSPS) is 11.6. The van der Waals surface area contributed by atoms with Crippen LogP contribution >= 0.6 is 22.9 Å². The first-order chi connectivity index (χ1) is 8.51. The number of amides is 1. The number of carbonyl (C=O) groups excluding carboxylic acids is 1. The molecule has 0 spiro atoms. The molecule has 1 heterocycles. The third kappa shape index (κ3) is 4.26. The molecule has 102 valence electrons. The van der Waals surface area contributed by atoms with Crippen LogP contribution in [0.4, 0.5) is 0 Å². The Labute approximate surface area is 118 Å². The molecule has 0 radical (unpaired) electrons. The van der Waals surface area contributed by atoms with Gasteiger partial charge in [0.15, 0.2) is 0 Å². The van der Waals surface area contributed by atoms with Gasteiger partial charge in [0.1, 0.15) is 0 Å². The van der Waals surface area contributed by atoms with E-state index in [1.807, 2.05) is 36.3 Å². The molecule has 1 aromatic heterocycles. The fourth-order valence-electron chi connectivity index (χ4n) is 1.53. The van der Waals surface area contributed by atoms with E-state index in [1.54, 1.807) is 18.4 Å². The molecule has 0 unspecified atom stereocenters. The van der Waals surface area contributed by atoms with Crippen molar-refractivity contribution in [3.8, 4) is 0 Å². The van der Waals surface area contributed by atoms with E-state index < -0.39 is 5.41 Å². The number of hydrogen-bond donors (Lipinski definition) is 0. The highest BCUT2D eigenvalue weighted by Crippen LogP contribution is 2.23. The number of halogens is 1. The van der Waals surface area contributed by atoms with E-state index in [2.05, 4.69) is 0 Å². The summed E-state index contributed by atoms with van der Waals surface area (Å²) in [6.07, 6.45) is 0. The Morgan fingerprint density at radius 1 is 1.56 bits per heavy atom. The molecule has 0 aromatic carbocycles. The predicted octanol–water partition coefficient (Wildman–Crippen LogP) is 2.99. The van der Waals surface area contributed by atoms with Gasteiger partial charge in [-0.3, -0.25) is 4.79 Å². The summed E-state index contributed by atoms with van der Waals surface area (Å²) in [5.74, 6) is 0.391. The number of hydrogen-bond acceptors (Lipinski definition) is 3. The monoisotopic (exact) mass is 289 g/mol. The van der Waals surface area contributed by atoms with Crippen molar-refractivity contribution in [1.29, 1.82) is 0 Å². The molecular formula is C13H20ClNO2S. The maximum Gasteiger partial charge on any atom is 0.229 e. The van der Waals surface area contributed by atoms with Crippen molar-refractivity contribution < 1.29 is 9.53 Å². The topological polar surface area (TPSA) is 29.5 Å². The molecule has 0 saturated heterocycles. The number of carbonyl (C=O) groups is 1. The van der Waals surface area contributed by atoms with Crippen LogP contribution in [0.2, 0.25) is 0 Å². The lowest BCUT2D eigenvalue weighted by Gasteiger charge is -2.30. The maximum absolute atomic E-state index is 12.4. The van der Waals surface area contributed by atoms with Crippen LogP contribution in [0, 0.1) is 5.41 Å². The van der Waals surface area contributed by atoms with E-state index in [9.17, 15) is 4.79 Å².